The second kappa shape index (κ2) is 6.11. The molecule has 1 aromatic heterocycles. The highest BCUT2D eigenvalue weighted by Gasteiger charge is 2.14. The maximum atomic E-state index is 12.1. The zero-order valence-electron chi connectivity index (χ0n) is 10.7. The third kappa shape index (κ3) is 3.21. The van der Waals surface area contributed by atoms with E-state index < -0.39 is 0 Å². The van der Waals surface area contributed by atoms with E-state index in [1.807, 2.05) is 25.1 Å². The minimum Gasteiger partial charge on any atom is -0.397 e. The van der Waals surface area contributed by atoms with Crippen LogP contribution in [0.3, 0.4) is 0 Å². The molecule has 0 bridgehead atoms. The van der Waals surface area contributed by atoms with E-state index in [1.165, 1.54) is 12.1 Å². The van der Waals surface area contributed by atoms with Gasteiger partial charge in [0.1, 0.15) is 0 Å². The topological polar surface area (TPSA) is 68.0 Å². The molecule has 1 aromatic carbocycles. The van der Waals surface area contributed by atoms with Gasteiger partial charge in [0.25, 0.3) is 5.91 Å². The van der Waals surface area contributed by atoms with E-state index in [2.05, 4.69) is 10.3 Å². The van der Waals surface area contributed by atoms with Gasteiger partial charge in [-0.05, 0) is 31.2 Å². The number of anilines is 1. The van der Waals surface area contributed by atoms with E-state index in [4.69, 9.17) is 28.9 Å². The number of carbonyl (C=O) groups excluding carboxylic acids is 1. The summed E-state index contributed by atoms with van der Waals surface area (Å²) in [5.74, 6) is -0.284. The van der Waals surface area contributed by atoms with Crippen molar-refractivity contribution in [2.24, 2.45) is 0 Å². The number of nitrogens with zero attached hydrogens (tertiary/aromatic N) is 1. The third-order valence-corrected chi connectivity index (χ3v) is 3.61. The number of carbonyl (C=O) groups is 1. The Labute approximate surface area is 126 Å². The Balaban J connectivity index is 2.17. The Morgan fingerprint density at radius 3 is 2.70 bits per heavy atom. The first-order valence-electron chi connectivity index (χ1n) is 5.95. The Kier molecular flexibility index (Phi) is 4.47. The highest BCUT2D eigenvalue weighted by molar-refractivity contribution is 6.43. The van der Waals surface area contributed by atoms with Crippen molar-refractivity contribution in [3.63, 3.8) is 0 Å². The number of nitrogens with one attached hydrogen (secondary N) is 1. The smallest absolute Gasteiger partial charge is 0.251 e. The Hall–Kier alpha value is -1.78. The van der Waals surface area contributed by atoms with Crippen LogP contribution < -0.4 is 11.1 Å². The molecule has 0 saturated heterocycles. The molecule has 0 aliphatic rings. The van der Waals surface area contributed by atoms with Crippen LogP contribution in [0.25, 0.3) is 0 Å². The van der Waals surface area contributed by atoms with Crippen LogP contribution in [0, 0.1) is 0 Å². The summed E-state index contributed by atoms with van der Waals surface area (Å²) in [5.41, 5.74) is 7.10. The van der Waals surface area contributed by atoms with Crippen LogP contribution in [0.5, 0.6) is 0 Å². The molecule has 1 unspecified atom stereocenters. The lowest BCUT2D eigenvalue weighted by atomic mass is 10.1. The second-order valence-corrected chi connectivity index (χ2v) is 5.10. The normalized spacial score (nSPS) is 11.9. The fourth-order valence-electron chi connectivity index (χ4n) is 1.73. The molecule has 2 rings (SSSR count). The van der Waals surface area contributed by atoms with Gasteiger partial charge in [-0.25, -0.2) is 0 Å². The number of rotatable bonds is 3. The van der Waals surface area contributed by atoms with Crippen LogP contribution in [0.1, 0.15) is 29.0 Å². The van der Waals surface area contributed by atoms with Crippen molar-refractivity contribution in [3.8, 4) is 0 Å². The van der Waals surface area contributed by atoms with Crippen molar-refractivity contribution >= 4 is 34.8 Å². The lowest BCUT2D eigenvalue weighted by molar-refractivity contribution is 0.0939. The Bertz CT molecular complexity index is 609. The van der Waals surface area contributed by atoms with Crippen molar-refractivity contribution in [3.05, 3.63) is 57.8 Å². The molecule has 6 heteroatoms. The molecule has 4 nitrogen and oxygen atoms in total. The molecule has 0 aliphatic heterocycles. The zero-order chi connectivity index (χ0) is 14.7. The number of nitrogen functional groups attached to an aromatic ring is 1. The molecule has 0 aliphatic carbocycles. The molecule has 20 heavy (non-hydrogen) atoms. The maximum absolute atomic E-state index is 12.1. The molecule has 0 spiro atoms. The highest BCUT2D eigenvalue weighted by atomic mass is 35.5. The van der Waals surface area contributed by atoms with Gasteiger partial charge in [-0.1, -0.05) is 29.3 Å². The van der Waals surface area contributed by atoms with Crippen molar-refractivity contribution in [1.82, 2.24) is 10.3 Å². The molecular formula is C14H13Cl2N3O. The summed E-state index contributed by atoms with van der Waals surface area (Å²) < 4.78 is 0. The third-order valence-electron chi connectivity index (χ3n) is 2.80. The Morgan fingerprint density at radius 2 is 2.10 bits per heavy atom. The molecule has 2 aromatic rings. The van der Waals surface area contributed by atoms with Crippen LogP contribution in [0.2, 0.25) is 10.0 Å². The number of pyridine rings is 1. The van der Waals surface area contributed by atoms with Crippen LogP contribution in [-0.2, 0) is 0 Å². The van der Waals surface area contributed by atoms with Gasteiger partial charge < -0.3 is 11.1 Å². The molecule has 0 saturated carbocycles. The quantitative estimate of drug-likeness (QED) is 0.853. The number of aromatic nitrogens is 1. The highest BCUT2D eigenvalue weighted by Crippen LogP contribution is 2.29. The van der Waals surface area contributed by atoms with Crippen molar-refractivity contribution < 1.29 is 4.79 Å². The van der Waals surface area contributed by atoms with Gasteiger partial charge in [0, 0.05) is 11.8 Å². The Morgan fingerprint density at radius 1 is 1.35 bits per heavy atom. The van der Waals surface area contributed by atoms with E-state index in [-0.39, 0.29) is 27.7 Å². The van der Waals surface area contributed by atoms with Gasteiger partial charge in [-0.15, -0.1) is 0 Å². The van der Waals surface area contributed by atoms with Crippen LogP contribution in [-0.4, -0.2) is 10.9 Å². The van der Waals surface area contributed by atoms with Crippen molar-refractivity contribution in [2.45, 2.75) is 13.0 Å². The average molecular weight is 310 g/mol. The van der Waals surface area contributed by atoms with Gasteiger partial charge in [-0.2, -0.15) is 0 Å². The minimum atomic E-state index is -0.284. The monoisotopic (exact) mass is 309 g/mol. The standard InChI is InChI=1S/C14H13Cl2N3O/c1-8(12-4-2-3-5-18-12)19-14(20)9-6-10(15)13(16)11(17)7-9/h2-8H,17H2,1H3,(H,19,20). The predicted octanol–water partition coefficient (Wildman–Crippen LogP) is 3.46. The lowest BCUT2D eigenvalue weighted by Gasteiger charge is -2.14. The summed E-state index contributed by atoms with van der Waals surface area (Å²) in [6.07, 6.45) is 1.68. The van der Waals surface area contributed by atoms with Gasteiger partial charge in [-0.3, -0.25) is 9.78 Å². The van der Waals surface area contributed by atoms with Gasteiger partial charge in [0.05, 0.1) is 27.5 Å². The molecular weight excluding hydrogens is 297 g/mol. The summed E-state index contributed by atoms with van der Waals surface area (Å²) in [6, 6.07) is 8.28. The van der Waals surface area contributed by atoms with E-state index in [0.29, 0.717) is 5.56 Å². The van der Waals surface area contributed by atoms with Gasteiger partial charge in [0.15, 0.2) is 0 Å². The van der Waals surface area contributed by atoms with E-state index >= 15 is 0 Å². The van der Waals surface area contributed by atoms with Crippen molar-refractivity contribution in [1.29, 1.82) is 0 Å². The van der Waals surface area contributed by atoms with E-state index in [0.717, 1.165) is 5.69 Å². The van der Waals surface area contributed by atoms with E-state index in [9.17, 15) is 4.79 Å². The summed E-state index contributed by atoms with van der Waals surface area (Å²) in [7, 11) is 0. The molecule has 0 fully saturated rings. The van der Waals surface area contributed by atoms with Crippen molar-refractivity contribution in [2.75, 3.05) is 5.73 Å². The maximum Gasteiger partial charge on any atom is 0.251 e. The molecule has 1 heterocycles. The number of benzene rings is 1. The van der Waals surface area contributed by atoms with Gasteiger partial charge >= 0.3 is 0 Å². The number of halogens is 2. The molecule has 1 amide bonds. The van der Waals surface area contributed by atoms with Crippen LogP contribution in [0.15, 0.2) is 36.5 Å². The number of amides is 1. The number of hydrogen-bond donors (Lipinski definition) is 2. The van der Waals surface area contributed by atoms with Gasteiger partial charge in [0.2, 0.25) is 0 Å². The molecule has 1 atom stereocenters. The number of hydrogen-bond acceptors (Lipinski definition) is 3. The fraction of sp³-hybridized carbons (Fsp3) is 0.143. The predicted molar refractivity (Wildman–Crippen MR) is 81.0 cm³/mol. The zero-order valence-corrected chi connectivity index (χ0v) is 12.2. The second-order valence-electron chi connectivity index (χ2n) is 4.31. The first-order valence-corrected chi connectivity index (χ1v) is 6.71. The summed E-state index contributed by atoms with van der Waals surface area (Å²) in [5, 5.41) is 3.33. The molecule has 0 radical (unpaired) electrons. The SMILES string of the molecule is CC(NC(=O)c1cc(N)c(Cl)c(Cl)c1)c1ccccn1. The fourth-order valence-corrected chi connectivity index (χ4v) is 2.06. The van der Waals surface area contributed by atoms with Crippen LogP contribution >= 0.6 is 23.2 Å². The first-order chi connectivity index (χ1) is 9.49. The summed E-state index contributed by atoms with van der Waals surface area (Å²) >= 11 is 11.8. The lowest BCUT2D eigenvalue weighted by Crippen LogP contribution is -2.27. The largest absolute Gasteiger partial charge is 0.397 e. The average Bonchev–Trinajstić information content (AvgIpc) is 2.45. The van der Waals surface area contributed by atoms with E-state index in [1.54, 1.807) is 6.20 Å². The summed E-state index contributed by atoms with van der Waals surface area (Å²) in [4.78, 5) is 16.3. The summed E-state index contributed by atoms with van der Waals surface area (Å²) in [6.45, 7) is 1.85. The molecule has 104 valence electrons. The molecule has 3 N–H and O–H groups in total. The first kappa shape index (κ1) is 14.6. The minimum absolute atomic E-state index is 0.223. The van der Waals surface area contributed by atoms with Crippen LogP contribution in [0.4, 0.5) is 5.69 Å². The number of nitrogens with two attached hydrogens (primary N) is 1.